The Hall–Kier alpha value is -3.15. The number of likely N-dealkylation sites (tertiary alicyclic amines) is 1. The summed E-state index contributed by atoms with van der Waals surface area (Å²) in [5, 5.41) is 20.9. The van der Waals surface area contributed by atoms with Crippen LogP contribution in [0.25, 0.3) is 0 Å². The molecule has 2 aromatic heterocycles. The fourth-order valence-electron chi connectivity index (χ4n) is 12.6. The highest BCUT2D eigenvalue weighted by Crippen LogP contribution is 2.41. The van der Waals surface area contributed by atoms with Gasteiger partial charge >= 0.3 is 0 Å². The molecule has 2 aliphatic rings. The first-order valence-electron chi connectivity index (χ1n) is 33.1. The van der Waals surface area contributed by atoms with E-state index in [1.807, 2.05) is 30.4 Å². The molecule has 2 N–H and O–H groups in total. The molecule has 2 aromatic rings. The number of aryl methyl sites for hydroxylation is 1. The summed E-state index contributed by atoms with van der Waals surface area (Å²) >= 11 is 0. The normalized spacial score (nSPS) is 23.9. The first-order valence-corrected chi connectivity index (χ1v) is 33.1. The summed E-state index contributed by atoms with van der Waals surface area (Å²) in [5.41, 5.74) is 0.988. The van der Waals surface area contributed by atoms with Gasteiger partial charge < -0.3 is 15.5 Å². The van der Waals surface area contributed by atoms with E-state index in [1.54, 1.807) is 10.9 Å². The van der Waals surface area contributed by atoms with E-state index in [9.17, 15) is 10.1 Å². The van der Waals surface area contributed by atoms with Crippen LogP contribution in [-0.4, -0.2) is 49.7 Å². The summed E-state index contributed by atoms with van der Waals surface area (Å²) in [6.07, 6.45) is 76.3. The minimum atomic E-state index is -0.0105. The number of hydrogen-bond donors (Lipinski definition) is 2. The van der Waals surface area contributed by atoms with Gasteiger partial charge in [0.15, 0.2) is 0 Å². The van der Waals surface area contributed by atoms with Crippen molar-refractivity contribution in [2.75, 3.05) is 23.7 Å². The second-order valence-corrected chi connectivity index (χ2v) is 24.4. The second-order valence-electron chi connectivity index (χ2n) is 24.4. The van der Waals surface area contributed by atoms with Crippen LogP contribution in [0.15, 0.2) is 24.7 Å². The van der Waals surface area contributed by atoms with Crippen molar-refractivity contribution in [2.45, 2.75) is 340 Å². The Kier molecular flexibility index (Phi) is 38.4. The van der Waals surface area contributed by atoms with E-state index in [-0.39, 0.29) is 17.7 Å². The molecular formula is C66H118N8O. The SMILES string of the molecule is Cn1cc(Nc2nccc(NC3CCCCCCCCCCCCCCCCCCCCCCCCCCCCCCCCCCCCCCCCCCCCCCCCC4(CC3)CCN(C(=O)CC#N)C4)n2)cn1. The number of nitriles is 1. The molecule has 0 bridgehead atoms. The second kappa shape index (κ2) is 44.8. The van der Waals surface area contributed by atoms with Crippen molar-refractivity contribution in [3.05, 3.63) is 24.7 Å². The Morgan fingerprint density at radius 2 is 0.933 bits per heavy atom. The maximum absolute atomic E-state index is 13.0. The first-order chi connectivity index (χ1) is 37.0. The van der Waals surface area contributed by atoms with E-state index in [0.717, 1.165) is 50.3 Å². The van der Waals surface area contributed by atoms with Gasteiger partial charge in [-0.05, 0) is 43.6 Å². The van der Waals surface area contributed by atoms with Gasteiger partial charge in [0.05, 0.1) is 18.0 Å². The topological polar surface area (TPSA) is 112 Å². The number of aromatic nitrogens is 4. The predicted molar refractivity (Wildman–Crippen MR) is 321 cm³/mol. The minimum Gasteiger partial charge on any atom is -0.367 e. The molecule has 1 saturated heterocycles. The molecule has 1 aliphatic carbocycles. The standard InChI is InChI=1S/C66H118N8O/c1-73-59-62(58-69-73)71-65-68-56-51-63(72-65)70-61-48-46-44-42-40-38-36-34-32-30-28-26-24-22-20-18-16-14-12-10-8-6-4-2-3-5-7-9-11-13-15-17-19-21-23-25-27-29-31-33-35-37-39-41-43-45-47-52-66(53-49-61)54-57-74(60-66)64(75)50-55-67/h51,56,58-59,61H,2-50,52-54,57,60H2,1H3,(H2,68,70,71,72). The van der Waals surface area contributed by atoms with Crippen LogP contribution in [0.4, 0.5) is 17.5 Å². The Labute approximate surface area is 462 Å². The molecule has 1 saturated carbocycles. The summed E-state index contributed by atoms with van der Waals surface area (Å²) in [6, 6.07) is 4.42. The van der Waals surface area contributed by atoms with Gasteiger partial charge in [0.25, 0.3) is 0 Å². The van der Waals surface area contributed by atoms with E-state index in [2.05, 4.69) is 26.8 Å². The zero-order chi connectivity index (χ0) is 52.8. The number of nitrogens with zero attached hydrogens (tertiary/aromatic N) is 6. The zero-order valence-corrected chi connectivity index (χ0v) is 49.2. The van der Waals surface area contributed by atoms with Gasteiger partial charge in [0, 0.05) is 38.6 Å². The molecule has 2 unspecified atom stereocenters. The molecule has 75 heavy (non-hydrogen) atoms. The van der Waals surface area contributed by atoms with Gasteiger partial charge in [0.2, 0.25) is 11.9 Å². The van der Waals surface area contributed by atoms with E-state index < -0.39 is 0 Å². The van der Waals surface area contributed by atoms with Crippen LogP contribution in [0, 0.1) is 16.7 Å². The third-order valence-electron chi connectivity index (χ3n) is 17.5. The monoisotopic (exact) mass is 1040 g/mol. The first kappa shape index (κ1) is 64.4. The fourth-order valence-corrected chi connectivity index (χ4v) is 12.6. The quantitative estimate of drug-likeness (QED) is 0.307. The van der Waals surface area contributed by atoms with Crippen molar-refractivity contribution in [3.63, 3.8) is 0 Å². The molecule has 2 atom stereocenters. The highest BCUT2D eigenvalue weighted by Gasteiger charge is 2.39. The zero-order valence-electron chi connectivity index (χ0n) is 49.2. The Morgan fingerprint density at radius 1 is 0.547 bits per heavy atom. The lowest BCUT2D eigenvalue weighted by atomic mass is 9.76. The number of nitrogens with one attached hydrogen (secondary N) is 2. The maximum Gasteiger partial charge on any atom is 0.236 e. The average Bonchev–Trinajstić information content (AvgIpc) is 4.04. The van der Waals surface area contributed by atoms with Crippen LogP contribution in [0.1, 0.15) is 334 Å². The number of rotatable bonds is 5. The van der Waals surface area contributed by atoms with Gasteiger partial charge in [0.1, 0.15) is 12.2 Å². The Balaban J connectivity index is 1.19. The van der Waals surface area contributed by atoms with E-state index in [1.165, 1.54) is 302 Å². The van der Waals surface area contributed by atoms with Crippen molar-refractivity contribution in [1.29, 1.82) is 5.26 Å². The van der Waals surface area contributed by atoms with Gasteiger partial charge in [-0.3, -0.25) is 9.48 Å². The lowest BCUT2D eigenvalue weighted by Gasteiger charge is -2.32. The van der Waals surface area contributed by atoms with Gasteiger partial charge in [-0.2, -0.15) is 15.3 Å². The van der Waals surface area contributed by atoms with Crippen LogP contribution in [0.3, 0.4) is 0 Å². The highest BCUT2D eigenvalue weighted by molar-refractivity contribution is 5.78. The lowest BCUT2D eigenvalue weighted by molar-refractivity contribution is -0.129. The average molecular weight is 1040 g/mol. The fraction of sp³-hybridized carbons (Fsp3) is 0.864. The molecule has 428 valence electrons. The van der Waals surface area contributed by atoms with Crippen LogP contribution in [-0.2, 0) is 11.8 Å². The molecule has 9 heteroatoms. The third-order valence-corrected chi connectivity index (χ3v) is 17.5. The van der Waals surface area contributed by atoms with E-state index >= 15 is 0 Å². The summed E-state index contributed by atoms with van der Waals surface area (Å²) in [5.74, 6) is 1.43. The van der Waals surface area contributed by atoms with Crippen LogP contribution < -0.4 is 10.6 Å². The summed E-state index contributed by atoms with van der Waals surface area (Å²) in [4.78, 5) is 24.4. The number of amides is 1. The van der Waals surface area contributed by atoms with E-state index in [4.69, 9.17) is 4.98 Å². The molecule has 2 fully saturated rings. The van der Waals surface area contributed by atoms with Crippen molar-refractivity contribution < 1.29 is 4.79 Å². The molecular weight excluding hydrogens is 921 g/mol. The summed E-state index contributed by atoms with van der Waals surface area (Å²) in [6.45, 7) is 1.58. The molecule has 1 aliphatic heterocycles. The molecule has 1 amide bonds. The van der Waals surface area contributed by atoms with Crippen molar-refractivity contribution >= 4 is 23.4 Å². The molecule has 4 rings (SSSR count). The van der Waals surface area contributed by atoms with Crippen molar-refractivity contribution in [1.82, 2.24) is 24.6 Å². The highest BCUT2D eigenvalue weighted by atomic mass is 16.2. The lowest BCUT2D eigenvalue weighted by Crippen LogP contribution is -2.33. The smallest absolute Gasteiger partial charge is 0.236 e. The number of carbonyl (C=O) groups excluding carboxylic acids is 1. The largest absolute Gasteiger partial charge is 0.367 e. The minimum absolute atomic E-state index is 0.00820. The number of carbonyl (C=O) groups is 1. The Bertz CT molecular complexity index is 1670. The van der Waals surface area contributed by atoms with Crippen molar-refractivity contribution in [3.8, 4) is 6.07 Å². The summed E-state index contributed by atoms with van der Waals surface area (Å²) < 4.78 is 1.78. The molecule has 9 nitrogen and oxygen atoms in total. The molecule has 3 heterocycles. The maximum atomic E-state index is 13.0. The van der Waals surface area contributed by atoms with Gasteiger partial charge in [-0.1, -0.05) is 295 Å². The number of hydrogen-bond acceptors (Lipinski definition) is 7. The predicted octanol–water partition coefficient (Wildman–Crippen LogP) is 20.4. The van der Waals surface area contributed by atoms with Crippen LogP contribution >= 0.6 is 0 Å². The van der Waals surface area contributed by atoms with Gasteiger partial charge in [-0.25, -0.2) is 4.98 Å². The van der Waals surface area contributed by atoms with E-state index in [0.29, 0.717) is 12.0 Å². The molecule has 1 spiro atoms. The molecule has 0 aromatic carbocycles. The third kappa shape index (κ3) is 33.7. The van der Waals surface area contributed by atoms with Crippen molar-refractivity contribution in [2.24, 2.45) is 12.5 Å². The molecule has 0 radical (unpaired) electrons. The van der Waals surface area contributed by atoms with Gasteiger partial charge in [-0.15, -0.1) is 0 Å². The van der Waals surface area contributed by atoms with Crippen LogP contribution in [0.2, 0.25) is 0 Å². The number of anilines is 3. The Morgan fingerprint density at radius 3 is 1.31 bits per heavy atom. The van der Waals surface area contributed by atoms with Crippen LogP contribution in [0.5, 0.6) is 0 Å². The summed E-state index contributed by atoms with van der Waals surface area (Å²) in [7, 11) is 1.91.